The largest absolute Gasteiger partial charge is 0.449 e. The minimum absolute atomic E-state index is 0.0996. The van der Waals surface area contributed by atoms with E-state index in [0.29, 0.717) is 0 Å². The summed E-state index contributed by atoms with van der Waals surface area (Å²) in [5.74, 6) is -1.45. The SMILES string of the molecule is C[C@H](NC(=O)OCC1c2ccccc2-c2ccccc21)C(=O)NNC(=O)[C@H](Cc1ccccc1)NC(=O)OC(C)(C)C. The molecule has 1 aliphatic carbocycles. The van der Waals surface area contributed by atoms with Crippen LogP contribution >= 0.6 is 0 Å². The van der Waals surface area contributed by atoms with Gasteiger partial charge in [-0.1, -0.05) is 78.9 Å². The molecule has 42 heavy (non-hydrogen) atoms. The Kier molecular flexibility index (Phi) is 9.46. The summed E-state index contributed by atoms with van der Waals surface area (Å²) in [5.41, 5.74) is 9.03. The normalized spacial score (nSPS) is 13.5. The van der Waals surface area contributed by atoms with Crippen molar-refractivity contribution in [3.63, 3.8) is 0 Å². The summed E-state index contributed by atoms with van der Waals surface area (Å²) in [6.07, 6.45) is -1.37. The van der Waals surface area contributed by atoms with Crippen LogP contribution in [0.25, 0.3) is 11.1 Å². The van der Waals surface area contributed by atoms with E-state index in [9.17, 15) is 19.2 Å². The van der Waals surface area contributed by atoms with Gasteiger partial charge in [0.05, 0.1) is 0 Å². The van der Waals surface area contributed by atoms with E-state index in [-0.39, 0.29) is 18.9 Å². The Morgan fingerprint density at radius 2 is 1.29 bits per heavy atom. The lowest BCUT2D eigenvalue weighted by Gasteiger charge is -2.24. The van der Waals surface area contributed by atoms with E-state index in [1.54, 1.807) is 20.8 Å². The molecule has 0 bridgehead atoms. The number of nitrogens with one attached hydrogen (secondary N) is 4. The average molecular weight is 573 g/mol. The van der Waals surface area contributed by atoms with Crippen LogP contribution in [0.5, 0.6) is 0 Å². The van der Waals surface area contributed by atoms with Crippen LogP contribution in [0.1, 0.15) is 50.3 Å². The molecule has 0 unspecified atom stereocenters. The van der Waals surface area contributed by atoms with Crippen molar-refractivity contribution >= 4 is 24.0 Å². The molecule has 3 aromatic rings. The topological polar surface area (TPSA) is 135 Å². The third-order valence-electron chi connectivity index (χ3n) is 6.67. The number of alkyl carbamates (subject to hydrolysis) is 2. The highest BCUT2D eigenvalue weighted by Gasteiger charge is 2.30. The Labute approximate surface area is 245 Å². The van der Waals surface area contributed by atoms with E-state index in [1.165, 1.54) is 6.92 Å². The molecule has 0 aromatic heterocycles. The second-order valence-corrected chi connectivity index (χ2v) is 11.1. The van der Waals surface area contributed by atoms with E-state index < -0.39 is 41.7 Å². The molecule has 3 aromatic carbocycles. The average Bonchev–Trinajstić information content (AvgIpc) is 3.27. The van der Waals surface area contributed by atoms with Crippen molar-refractivity contribution < 1.29 is 28.7 Å². The lowest BCUT2D eigenvalue weighted by atomic mass is 9.98. The highest BCUT2D eigenvalue weighted by atomic mass is 16.6. The zero-order valence-corrected chi connectivity index (χ0v) is 24.1. The highest BCUT2D eigenvalue weighted by molar-refractivity contribution is 5.90. The maximum absolute atomic E-state index is 12.9. The Balaban J connectivity index is 1.29. The third-order valence-corrected chi connectivity index (χ3v) is 6.67. The quantitative estimate of drug-likeness (QED) is 0.299. The van der Waals surface area contributed by atoms with Crippen LogP contribution in [-0.4, -0.2) is 48.3 Å². The number of benzene rings is 3. The van der Waals surface area contributed by atoms with Crippen molar-refractivity contribution in [1.29, 1.82) is 0 Å². The first kappa shape index (κ1) is 30.1. The van der Waals surface area contributed by atoms with Gasteiger partial charge in [-0.05, 0) is 55.5 Å². The maximum atomic E-state index is 12.9. The van der Waals surface area contributed by atoms with Gasteiger partial charge in [0.2, 0.25) is 0 Å². The summed E-state index contributed by atoms with van der Waals surface area (Å²) in [7, 11) is 0. The van der Waals surface area contributed by atoms with Gasteiger partial charge >= 0.3 is 12.2 Å². The van der Waals surface area contributed by atoms with Crippen molar-refractivity contribution in [2.75, 3.05) is 6.61 Å². The number of hydrogen-bond acceptors (Lipinski definition) is 6. The van der Waals surface area contributed by atoms with Crippen LogP contribution in [0.15, 0.2) is 78.9 Å². The van der Waals surface area contributed by atoms with Gasteiger partial charge in [-0.2, -0.15) is 0 Å². The van der Waals surface area contributed by atoms with Gasteiger partial charge in [0.25, 0.3) is 11.8 Å². The lowest BCUT2D eigenvalue weighted by Crippen LogP contribution is -2.56. The molecule has 0 aliphatic heterocycles. The molecule has 0 spiro atoms. The Morgan fingerprint density at radius 3 is 1.88 bits per heavy atom. The van der Waals surface area contributed by atoms with E-state index in [2.05, 4.69) is 21.5 Å². The predicted octanol–water partition coefficient (Wildman–Crippen LogP) is 4.20. The molecule has 10 nitrogen and oxygen atoms in total. The van der Waals surface area contributed by atoms with Crippen LogP contribution in [0.2, 0.25) is 0 Å². The standard InChI is InChI=1S/C32H36N4O6/c1-20(33-30(39)41-19-26-24-16-10-8-14-22(24)23-15-9-11-17-25(23)26)28(37)35-36-29(38)27(18-21-12-6-5-7-13-21)34-31(40)42-32(2,3)4/h5-17,20,26-27H,18-19H2,1-4H3,(H,33,39)(H,34,40)(H,35,37)(H,36,38)/t20-,27-/m0/s1. The van der Waals surface area contributed by atoms with E-state index in [4.69, 9.17) is 9.47 Å². The minimum Gasteiger partial charge on any atom is -0.449 e. The van der Waals surface area contributed by atoms with Gasteiger partial charge < -0.3 is 20.1 Å². The van der Waals surface area contributed by atoms with Crippen LogP contribution in [0, 0.1) is 0 Å². The van der Waals surface area contributed by atoms with Gasteiger partial charge in [0.15, 0.2) is 0 Å². The molecule has 0 saturated carbocycles. The number of fused-ring (bicyclic) bond motifs is 3. The molecule has 220 valence electrons. The van der Waals surface area contributed by atoms with Gasteiger partial charge in [-0.25, -0.2) is 9.59 Å². The monoisotopic (exact) mass is 572 g/mol. The fourth-order valence-electron chi connectivity index (χ4n) is 4.71. The molecule has 0 radical (unpaired) electrons. The van der Waals surface area contributed by atoms with Crippen molar-refractivity contribution in [1.82, 2.24) is 21.5 Å². The Morgan fingerprint density at radius 1 is 0.738 bits per heavy atom. The second kappa shape index (κ2) is 13.2. The van der Waals surface area contributed by atoms with Crippen molar-refractivity contribution in [2.45, 2.75) is 57.7 Å². The fourth-order valence-corrected chi connectivity index (χ4v) is 4.71. The predicted molar refractivity (Wildman–Crippen MR) is 157 cm³/mol. The molecular weight excluding hydrogens is 536 g/mol. The number of hydrogen-bond donors (Lipinski definition) is 4. The van der Waals surface area contributed by atoms with Crippen LogP contribution in [0.4, 0.5) is 9.59 Å². The second-order valence-electron chi connectivity index (χ2n) is 11.1. The van der Waals surface area contributed by atoms with Crippen LogP contribution in [0.3, 0.4) is 0 Å². The molecule has 1 aliphatic rings. The molecule has 4 rings (SSSR count). The summed E-state index contributed by atoms with van der Waals surface area (Å²) in [4.78, 5) is 50.5. The number of ether oxygens (including phenoxy) is 2. The van der Waals surface area contributed by atoms with E-state index >= 15 is 0 Å². The molecule has 0 saturated heterocycles. The Hall–Kier alpha value is -4.86. The molecule has 10 heteroatoms. The first-order chi connectivity index (χ1) is 20.0. The van der Waals surface area contributed by atoms with Crippen LogP contribution < -0.4 is 21.5 Å². The van der Waals surface area contributed by atoms with E-state index in [0.717, 1.165) is 27.8 Å². The Bertz CT molecular complexity index is 1390. The first-order valence-electron chi connectivity index (χ1n) is 13.8. The van der Waals surface area contributed by atoms with E-state index in [1.807, 2.05) is 78.9 Å². The number of hydrazine groups is 1. The number of rotatable bonds is 8. The van der Waals surface area contributed by atoms with Crippen molar-refractivity contribution in [3.05, 3.63) is 95.6 Å². The van der Waals surface area contributed by atoms with Gasteiger partial charge in [-0.15, -0.1) is 0 Å². The fraction of sp³-hybridized carbons (Fsp3) is 0.312. The summed E-state index contributed by atoms with van der Waals surface area (Å²) in [6, 6.07) is 23.0. The molecule has 0 fully saturated rings. The number of carbonyl (C=O) groups is 4. The zero-order chi connectivity index (χ0) is 30.3. The summed E-state index contributed by atoms with van der Waals surface area (Å²) >= 11 is 0. The highest BCUT2D eigenvalue weighted by Crippen LogP contribution is 2.44. The zero-order valence-electron chi connectivity index (χ0n) is 24.1. The molecular formula is C32H36N4O6. The number of carbonyl (C=O) groups excluding carboxylic acids is 4. The molecule has 4 N–H and O–H groups in total. The first-order valence-corrected chi connectivity index (χ1v) is 13.8. The lowest BCUT2D eigenvalue weighted by molar-refractivity contribution is -0.130. The van der Waals surface area contributed by atoms with Crippen molar-refractivity contribution in [2.24, 2.45) is 0 Å². The third kappa shape index (κ3) is 7.87. The van der Waals surface area contributed by atoms with Gasteiger partial charge in [0, 0.05) is 12.3 Å². The molecule has 0 heterocycles. The van der Waals surface area contributed by atoms with Gasteiger partial charge in [0.1, 0.15) is 24.3 Å². The molecule has 2 atom stereocenters. The maximum Gasteiger partial charge on any atom is 0.408 e. The summed E-state index contributed by atoms with van der Waals surface area (Å²) < 4.78 is 10.8. The smallest absolute Gasteiger partial charge is 0.408 e. The number of amides is 4. The summed E-state index contributed by atoms with van der Waals surface area (Å²) in [5, 5.41) is 5.04. The van der Waals surface area contributed by atoms with Gasteiger partial charge in [-0.3, -0.25) is 20.4 Å². The molecule has 4 amide bonds. The van der Waals surface area contributed by atoms with Crippen molar-refractivity contribution in [3.8, 4) is 11.1 Å². The van der Waals surface area contributed by atoms with Crippen LogP contribution in [-0.2, 0) is 25.5 Å². The summed E-state index contributed by atoms with van der Waals surface area (Å²) in [6.45, 7) is 6.70. The minimum atomic E-state index is -1.03.